The molecule has 8 nitrogen and oxygen atoms in total. The predicted octanol–water partition coefficient (Wildman–Crippen LogP) is 2.47. The van der Waals surface area contributed by atoms with E-state index in [9.17, 15) is 9.59 Å². The highest BCUT2D eigenvalue weighted by atomic mass is 16.2. The highest BCUT2D eigenvalue weighted by Crippen LogP contribution is 2.19. The SMILES string of the molecule is O=C(Cn1nc2ccccn2c1=O)Nc1ccc(-n2cnc3ccccc32)cc1. The number of anilines is 1. The number of pyridine rings is 1. The third kappa shape index (κ3) is 3.06. The Hall–Kier alpha value is -4.20. The van der Waals surface area contributed by atoms with E-state index in [2.05, 4.69) is 15.4 Å². The molecule has 0 atom stereocenters. The fourth-order valence-electron chi connectivity index (χ4n) is 3.28. The smallest absolute Gasteiger partial charge is 0.324 e. The maximum atomic E-state index is 12.4. The van der Waals surface area contributed by atoms with E-state index in [1.54, 1.807) is 30.7 Å². The molecule has 3 aromatic heterocycles. The van der Waals surface area contributed by atoms with Crippen molar-refractivity contribution in [3.63, 3.8) is 0 Å². The van der Waals surface area contributed by atoms with Crippen LogP contribution in [-0.4, -0.2) is 29.6 Å². The number of amides is 1. The summed E-state index contributed by atoms with van der Waals surface area (Å²) in [5.41, 5.74) is 3.66. The third-order valence-electron chi connectivity index (χ3n) is 4.66. The van der Waals surface area contributed by atoms with Gasteiger partial charge in [0, 0.05) is 17.6 Å². The average molecular weight is 384 g/mol. The molecule has 0 aliphatic heterocycles. The minimum Gasteiger partial charge on any atom is -0.324 e. The molecule has 0 fully saturated rings. The highest BCUT2D eigenvalue weighted by molar-refractivity contribution is 5.90. The lowest BCUT2D eigenvalue weighted by Gasteiger charge is -2.08. The Labute approximate surface area is 164 Å². The molecule has 0 unspecified atom stereocenters. The second kappa shape index (κ2) is 6.75. The van der Waals surface area contributed by atoms with Gasteiger partial charge >= 0.3 is 5.69 Å². The molecule has 0 spiro atoms. The fraction of sp³-hybridized carbons (Fsp3) is 0.0476. The highest BCUT2D eigenvalue weighted by Gasteiger charge is 2.11. The normalized spacial score (nSPS) is 11.2. The summed E-state index contributed by atoms with van der Waals surface area (Å²) in [6.07, 6.45) is 3.39. The van der Waals surface area contributed by atoms with Gasteiger partial charge in [-0.05, 0) is 48.5 Å². The largest absolute Gasteiger partial charge is 0.350 e. The quantitative estimate of drug-likeness (QED) is 0.516. The van der Waals surface area contributed by atoms with Crippen molar-refractivity contribution in [2.75, 3.05) is 5.32 Å². The third-order valence-corrected chi connectivity index (χ3v) is 4.66. The van der Waals surface area contributed by atoms with Gasteiger partial charge in [-0.2, -0.15) is 0 Å². The van der Waals surface area contributed by atoms with E-state index in [1.807, 2.05) is 53.1 Å². The number of fused-ring (bicyclic) bond motifs is 2. The molecule has 0 aliphatic rings. The molecule has 5 rings (SSSR count). The van der Waals surface area contributed by atoms with Crippen LogP contribution in [0.1, 0.15) is 0 Å². The van der Waals surface area contributed by atoms with Crippen LogP contribution in [0.5, 0.6) is 0 Å². The summed E-state index contributed by atoms with van der Waals surface area (Å²) >= 11 is 0. The molecular weight excluding hydrogens is 368 g/mol. The van der Waals surface area contributed by atoms with Crippen molar-refractivity contribution < 1.29 is 4.79 Å². The van der Waals surface area contributed by atoms with Crippen LogP contribution in [0.3, 0.4) is 0 Å². The number of rotatable bonds is 4. The summed E-state index contributed by atoms with van der Waals surface area (Å²) in [5.74, 6) is -0.323. The van der Waals surface area contributed by atoms with Crippen LogP contribution in [0.4, 0.5) is 5.69 Å². The lowest BCUT2D eigenvalue weighted by atomic mass is 10.2. The van der Waals surface area contributed by atoms with E-state index in [0.717, 1.165) is 21.4 Å². The zero-order chi connectivity index (χ0) is 19.8. The molecule has 0 bridgehead atoms. The van der Waals surface area contributed by atoms with Crippen molar-refractivity contribution in [1.82, 2.24) is 23.7 Å². The molecule has 0 radical (unpaired) electrons. The number of nitrogens with one attached hydrogen (secondary N) is 1. The minimum atomic E-state index is -0.349. The first-order valence-corrected chi connectivity index (χ1v) is 9.06. The van der Waals surface area contributed by atoms with Gasteiger partial charge in [0.25, 0.3) is 0 Å². The molecule has 0 saturated heterocycles. The van der Waals surface area contributed by atoms with Crippen LogP contribution in [-0.2, 0) is 11.3 Å². The summed E-state index contributed by atoms with van der Waals surface area (Å²) in [6.45, 7) is -0.158. The number of imidazole rings is 1. The Bertz CT molecular complexity index is 1390. The first-order valence-electron chi connectivity index (χ1n) is 9.06. The molecule has 2 aromatic carbocycles. The monoisotopic (exact) mass is 384 g/mol. The van der Waals surface area contributed by atoms with Crippen LogP contribution in [0.15, 0.2) is 84.0 Å². The van der Waals surface area contributed by atoms with Crippen molar-refractivity contribution in [3.05, 3.63) is 89.7 Å². The number of benzene rings is 2. The number of hydrogen-bond donors (Lipinski definition) is 1. The summed E-state index contributed by atoms with van der Waals surface area (Å²) in [4.78, 5) is 29.0. The van der Waals surface area contributed by atoms with E-state index in [-0.39, 0.29) is 18.1 Å². The molecule has 0 saturated carbocycles. The summed E-state index contributed by atoms with van der Waals surface area (Å²) in [7, 11) is 0. The van der Waals surface area contributed by atoms with Crippen molar-refractivity contribution in [2.45, 2.75) is 6.54 Å². The summed E-state index contributed by atoms with van der Waals surface area (Å²) < 4.78 is 4.53. The van der Waals surface area contributed by atoms with E-state index >= 15 is 0 Å². The van der Waals surface area contributed by atoms with E-state index in [4.69, 9.17) is 0 Å². The number of carbonyl (C=O) groups is 1. The number of carbonyl (C=O) groups excluding carboxylic acids is 1. The molecule has 3 heterocycles. The van der Waals surface area contributed by atoms with Crippen LogP contribution in [0.2, 0.25) is 0 Å². The van der Waals surface area contributed by atoms with Gasteiger partial charge in [-0.1, -0.05) is 18.2 Å². The van der Waals surface area contributed by atoms with E-state index in [0.29, 0.717) is 11.3 Å². The van der Waals surface area contributed by atoms with E-state index < -0.39 is 0 Å². The maximum absolute atomic E-state index is 12.4. The van der Waals surface area contributed by atoms with Crippen LogP contribution in [0, 0.1) is 0 Å². The molecule has 5 aromatic rings. The van der Waals surface area contributed by atoms with Gasteiger partial charge in [0.1, 0.15) is 12.9 Å². The van der Waals surface area contributed by atoms with Gasteiger partial charge in [0.2, 0.25) is 5.91 Å². The average Bonchev–Trinajstić information content (AvgIpc) is 3.30. The molecule has 1 amide bonds. The summed E-state index contributed by atoms with van der Waals surface area (Å²) in [6, 6.07) is 20.6. The van der Waals surface area contributed by atoms with Crippen LogP contribution < -0.4 is 11.0 Å². The number of hydrogen-bond acceptors (Lipinski definition) is 4. The van der Waals surface area contributed by atoms with Gasteiger partial charge in [0.05, 0.1) is 11.0 Å². The molecule has 0 aliphatic carbocycles. The van der Waals surface area contributed by atoms with Gasteiger partial charge < -0.3 is 5.32 Å². The number of nitrogens with zero attached hydrogens (tertiary/aromatic N) is 5. The Morgan fingerprint density at radius 1 is 0.966 bits per heavy atom. The van der Waals surface area contributed by atoms with Crippen LogP contribution in [0.25, 0.3) is 22.4 Å². The van der Waals surface area contributed by atoms with E-state index in [1.165, 1.54) is 4.40 Å². The van der Waals surface area contributed by atoms with Gasteiger partial charge in [0.15, 0.2) is 5.65 Å². The lowest BCUT2D eigenvalue weighted by molar-refractivity contribution is -0.117. The Balaban J connectivity index is 1.33. The topological polar surface area (TPSA) is 86.2 Å². The Kier molecular flexibility index (Phi) is 3.94. The standard InChI is InChI=1S/C21H16N6O2/c28-20(13-27-21(29)25-12-4-3-7-19(25)24-27)23-15-8-10-16(11-9-15)26-14-22-17-5-1-2-6-18(17)26/h1-12,14H,13H2,(H,23,28). The van der Waals surface area contributed by atoms with Crippen LogP contribution >= 0.6 is 0 Å². The molecule has 142 valence electrons. The molecular formula is C21H16N6O2. The van der Waals surface area contributed by atoms with Gasteiger partial charge in [-0.25, -0.2) is 14.5 Å². The molecule has 29 heavy (non-hydrogen) atoms. The predicted molar refractivity (Wildman–Crippen MR) is 109 cm³/mol. The Morgan fingerprint density at radius 3 is 2.59 bits per heavy atom. The summed E-state index contributed by atoms with van der Waals surface area (Å²) in [5, 5.41) is 6.97. The molecule has 8 heteroatoms. The zero-order valence-corrected chi connectivity index (χ0v) is 15.3. The first-order chi connectivity index (χ1) is 14.2. The van der Waals surface area contributed by atoms with Crippen molar-refractivity contribution >= 4 is 28.3 Å². The number of aromatic nitrogens is 5. The van der Waals surface area contributed by atoms with Gasteiger partial charge in [-0.3, -0.25) is 13.8 Å². The zero-order valence-electron chi connectivity index (χ0n) is 15.3. The second-order valence-electron chi connectivity index (χ2n) is 6.57. The minimum absolute atomic E-state index is 0.158. The maximum Gasteiger partial charge on any atom is 0.350 e. The second-order valence-corrected chi connectivity index (χ2v) is 6.57. The lowest BCUT2D eigenvalue weighted by Crippen LogP contribution is -2.28. The number of para-hydroxylation sites is 2. The van der Waals surface area contributed by atoms with Gasteiger partial charge in [-0.15, -0.1) is 5.10 Å². The van der Waals surface area contributed by atoms with Crippen molar-refractivity contribution in [1.29, 1.82) is 0 Å². The Morgan fingerprint density at radius 2 is 1.76 bits per heavy atom. The fourth-order valence-corrected chi connectivity index (χ4v) is 3.28. The van der Waals surface area contributed by atoms with Crippen molar-refractivity contribution in [2.24, 2.45) is 0 Å². The molecule has 1 N–H and O–H groups in total. The van der Waals surface area contributed by atoms with Crippen molar-refractivity contribution in [3.8, 4) is 5.69 Å². The first kappa shape index (κ1) is 16.9.